The molecule has 0 aliphatic rings. The van der Waals surface area contributed by atoms with E-state index in [4.69, 9.17) is 19.3 Å². The Morgan fingerprint density at radius 3 is 1.70 bits per heavy atom. The molecule has 0 saturated carbocycles. The third kappa shape index (κ3) is 31.6. The third-order valence-corrected chi connectivity index (χ3v) is 7.68. The molecule has 0 aromatic rings. The molecule has 0 aromatic heterocycles. The number of unbranched alkanes of at least 4 members (excludes halogenated alkanes) is 16. The maximum absolute atomic E-state index is 12.3. The Morgan fingerprint density at radius 2 is 1.14 bits per heavy atom. The van der Waals surface area contributed by atoms with Crippen LogP contribution < -0.4 is 0 Å². The van der Waals surface area contributed by atoms with Crippen LogP contribution in [-0.2, 0) is 32.9 Å². The zero-order valence-corrected chi connectivity index (χ0v) is 28.5. The zero-order chi connectivity index (χ0) is 32.7. The van der Waals surface area contributed by atoms with Gasteiger partial charge >= 0.3 is 19.8 Å². The van der Waals surface area contributed by atoms with Gasteiger partial charge in [0.05, 0.1) is 6.61 Å². The Bertz CT molecular complexity index is 835. The number of hydrogen-bond donors (Lipinski definition) is 2. The molecule has 0 bridgehead atoms. The summed E-state index contributed by atoms with van der Waals surface area (Å²) in [6.45, 7) is 3.49. The molecule has 0 rings (SSSR count). The SMILES string of the molecule is CCCCC/C=C\C=C\C(=O)CCCCCCCC(=O)OC[C@H](COP(=O)(O)O)OC(=O)CCCCCCCCCCCC. The summed E-state index contributed by atoms with van der Waals surface area (Å²) in [7, 11) is -4.77. The van der Waals surface area contributed by atoms with Gasteiger partial charge in [0.25, 0.3) is 0 Å². The number of hydrogen-bond acceptors (Lipinski definition) is 7. The molecule has 0 amide bonds. The minimum atomic E-state index is -4.77. The lowest BCUT2D eigenvalue weighted by Crippen LogP contribution is -2.29. The van der Waals surface area contributed by atoms with Crippen LogP contribution in [0.15, 0.2) is 24.3 Å². The zero-order valence-electron chi connectivity index (χ0n) is 27.6. The van der Waals surface area contributed by atoms with Gasteiger partial charge in [-0.25, -0.2) is 4.57 Å². The summed E-state index contributed by atoms with van der Waals surface area (Å²) in [4.78, 5) is 54.4. The van der Waals surface area contributed by atoms with Crippen LogP contribution in [-0.4, -0.2) is 46.8 Å². The van der Waals surface area contributed by atoms with Crippen LogP contribution in [0, 0.1) is 0 Å². The average molecular weight is 645 g/mol. The second kappa shape index (κ2) is 29.9. The molecule has 2 N–H and O–H groups in total. The van der Waals surface area contributed by atoms with E-state index in [1.54, 1.807) is 6.08 Å². The molecule has 0 aliphatic carbocycles. The molecule has 256 valence electrons. The standard InChI is InChI=1S/C34H61O9P/c1-3-5-7-9-11-12-13-15-19-24-28-34(37)43-32(30-42-44(38,39)40)29-41-33(36)27-23-20-16-18-22-26-31(35)25-21-17-14-10-8-6-4-2/h14,17,21,25,32H,3-13,15-16,18-20,22-24,26-30H2,1-2H3,(H2,38,39,40)/b17-14-,25-21+/t32-/m1/s1. The van der Waals surface area contributed by atoms with Gasteiger partial charge in [-0.3, -0.25) is 18.9 Å². The van der Waals surface area contributed by atoms with Crippen LogP contribution in [0.2, 0.25) is 0 Å². The van der Waals surface area contributed by atoms with Gasteiger partial charge in [-0.2, -0.15) is 0 Å². The molecule has 10 heteroatoms. The molecule has 9 nitrogen and oxygen atoms in total. The molecule has 0 heterocycles. The van der Waals surface area contributed by atoms with Crippen molar-refractivity contribution < 1.29 is 42.7 Å². The van der Waals surface area contributed by atoms with Crippen molar-refractivity contribution in [3.63, 3.8) is 0 Å². The molecule has 0 spiro atoms. The van der Waals surface area contributed by atoms with Gasteiger partial charge < -0.3 is 19.3 Å². The van der Waals surface area contributed by atoms with Crippen LogP contribution in [0.3, 0.4) is 0 Å². The third-order valence-electron chi connectivity index (χ3n) is 7.20. The van der Waals surface area contributed by atoms with Gasteiger partial charge in [0.15, 0.2) is 11.9 Å². The normalized spacial score (nSPS) is 12.6. The fourth-order valence-electron chi connectivity index (χ4n) is 4.59. The highest BCUT2D eigenvalue weighted by molar-refractivity contribution is 7.46. The van der Waals surface area contributed by atoms with E-state index < -0.39 is 32.5 Å². The summed E-state index contributed by atoms with van der Waals surface area (Å²) in [5, 5.41) is 0. The van der Waals surface area contributed by atoms with E-state index in [0.717, 1.165) is 51.4 Å². The van der Waals surface area contributed by atoms with Crippen molar-refractivity contribution in [1.29, 1.82) is 0 Å². The van der Waals surface area contributed by atoms with Crippen LogP contribution in [0.25, 0.3) is 0 Å². The van der Waals surface area contributed by atoms with Crippen molar-refractivity contribution in [2.24, 2.45) is 0 Å². The number of carbonyl (C=O) groups excluding carboxylic acids is 3. The Balaban J connectivity index is 4.09. The molecule has 0 aromatic carbocycles. The number of phosphoric ester groups is 1. The fourth-order valence-corrected chi connectivity index (χ4v) is 4.95. The molecule has 44 heavy (non-hydrogen) atoms. The summed E-state index contributed by atoms with van der Waals surface area (Å²) in [5.41, 5.74) is 0. The van der Waals surface area contributed by atoms with Crippen molar-refractivity contribution in [2.75, 3.05) is 13.2 Å². The smallest absolute Gasteiger partial charge is 0.462 e. The van der Waals surface area contributed by atoms with Crippen molar-refractivity contribution in [1.82, 2.24) is 0 Å². The Hall–Kier alpha value is -1.80. The number of carbonyl (C=O) groups is 3. The number of ketones is 1. The van der Waals surface area contributed by atoms with Crippen LogP contribution in [0.5, 0.6) is 0 Å². The maximum atomic E-state index is 12.3. The lowest BCUT2D eigenvalue weighted by molar-refractivity contribution is -0.161. The fraction of sp³-hybridized carbons (Fsp3) is 0.794. The van der Waals surface area contributed by atoms with Gasteiger partial charge in [-0.1, -0.05) is 122 Å². The lowest BCUT2D eigenvalue weighted by Gasteiger charge is -2.18. The second-order valence-electron chi connectivity index (χ2n) is 11.5. The molecular weight excluding hydrogens is 583 g/mol. The lowest BCUT2D eigenvalue weighted by atomic mass is 10.1. The number of ether oxygens (including phenoxy) is 2. The molecule has 0 fully saturated rings. The molecule has 0 saturated heterocycles. The van der Waals surface area contributed by atoms with E-state index in [1.807, 2.05) is 12.2 Å². The first-order valence-electron chi connectivity index (χ1n) is 17.1. The maximum Gasteiger partial charge on any atom is 0.469 e. The summed E-state index contributed by atoms with van der Waals surface area (Å²) in [6, 6.07) is 0. The van der Waals surface area contributed by atoms with Gasteiger partial charge in [-0.05, 0) is 38.2 Å². The monoisotopic (exact) mass is 644 g/mol. The molecule has 1 atom stereocenters. The van der Waals surface area contributed by atoms with Gasteiger partial charge in [0.2, 0.25) is 0 Å². The van der Waals surface area contributed by atoms with Crippen LogP contribution in [0.1, 0.15) is 155 Å². The van der Waals surface area contributed by atoms with E-state index in [2.05, 4.69) is 24.4 Å². The number of phosphoric acid groups is 1. The van der Waals surface area contributed by atoms with Gasteiger partial charge in [0, 0.05) is 19.3 Å². The summed E-state index contributed by atoms with van der Waals surface area (Å²) in [5.74, 6) is -0.860. The topological polar surface area (TPSA) is 136 Å². The average Bonchev–Trinajstić information content (AvgIpc) is 2.98. The van der Waals surface area contributed by atoms with E-state index >= 15 is 0 Å². The highest BCUT2D eigenvalue weighted by atomic mass is 31.2. The molecule has 0 unspecified atom stereocenters. The second-order valence-corrected chi connectivity index (χ2v) is 12.8. The van der Waals surface area contributed by atoms with E-state index in [9.17, 15) is 18.9 Å². The first-order valence-corrected chi connectivity index (χ1v) is 18.6. The van der Waals surface area contributed by atoms with E-state index in [0.29, 0.717) is 19.3 Å². The van der Waals surface area contributed by atoms with Gasteiger partial charge in [0.1, 0.15) is 6.61 Å². The highest BCUT2D eigenvalue weighted by Gasteiger charge is 2.22. The number of rotatable bonds is 31. The summed E-state index contributed by atoms with van der Waals surface area (Å²) in [6.07, 6.45) is 27.3. The van der Waals surface area contributed by atoms with E-state index in [1.165, 1.54) is 57.8 Å². The quantitative estimate of drug-likeness (QED) is 0.0249. The molecule has 0 radical (unpaired) electrons. The van der Waals surface area contributed by atoms with Gasteiger partial charge in [-0.15, -0.1) is 0 Å². The van der Waals surface area contributed by atoms with Crippen molar-refractivity contribution in [2.45, 2.75) is 161 Å². The number of allylic oxidation sites excluding steroid dienone is 4. The molecule has 0 aliphatic heterocycles. The Kier molecular flexibility index (Phi) is 28.7. The first-order chi connectivity index (χ1) is 21.2. The summed E-state index contributed by atoms with van der Waals surface area (Å²) >= 11 is 0. The Labute approximate surface area is 266 Å². The van der Waals surface area contributed by atoms with E-state index in [-0.39, 0.29) is 25.2 Å². The van der Waals surface area contributed by atoms with Crippen LogP contribution >= 0.6 is 7.82 Å². The highest BCUT2D eigenvalue weighted by Crippen LogP contribution is 2.35. The van der Waals surface area contributed by atoms with Crippen molar-refractivity contribution >= 4 is 25.5 Å². The minimum absolute atomic E-state index is 0.119. The van der Waals surface area contributed by atoms with Crippen molar-refractivity contribution in [3.8, 4) is 0 Å². The molecular formula is C34H61O9P. The number of esters is 2. The van der Waals surface area contributed by atoms with Crippen LogP contribution in [0.4, 0.5) is 0 Å². The first kappa shape index (κ1) is 42.2. The largest absolute Gasteiger partial charge is 0.469 e. The minimum Gasteiger partial charge on any atom is -0.462 e. The summed E-state index contributed by atoms with van der Waals surface area (Å²) < 4.78 is 26.1. The van der Waals surface area contributed by atoms with Crippen molar-refractivity contribution in [3.05, 3.63) is 24.3 Å². The predicted octanol–water partition coefficient (Wildman–Crippen LogP) is 8.85. The predicted molar refractivity (Wildman–Crippen MR) is 175 cm³/mol. The Morgan fingerprint density at radius 1 is 0.636 bits per heavy atom.